The van der Waals surface area contributed by atoms with E-state index in [2.05, 4.69) is 39.7 Å². The van der Waals surface area contributed by atoms with Crippen LogP contribution in [-0.4, -0.2) is 15.2 Å². The highest BCUT2D eigenvalue weighted by Gasteiger charge is 2.05. The van der Waals surface area contributed by atoms with Gasteiger partial charge in [0.2, 0.25) is 0 Å². The van der Waals surface area contributed by atoms with Crippen molar-refractivity contribution < 1.29 is 0 Å². The molecule has 5 heteroatoms. The maximum absolute atomic E-state index is 8.70. The molecule has 0 bridgehead atoms. The Hall–Kier alpha value is -0.600. The number of nitriles is 1. The zero-order chi connectivity index (χ0) is 9.84. The summed E-state index contributed by atoms with van der Waals surface area (Å²) in [6.45, 7) is 4.12. The van der Waals surface area contributed by atoms with Gasteiger partial charge < -0.3 is 0 Å². The summed E-state index contributed by atoms with van der Waals surface area (Å²) in [5.74, 6) is 0. The van der Waals surface area contributed by atoms with Crippen LogP contribution in [0.3, 0.4) is 0 Å². The summed E-state index contributed by atoms with van der Waals surface area (Å²) in [5, 5.41) is 9.77. The normalized spacial score (nSPS) is 10.1. The minimum atomic E-state index is 0.387. The Bertz CT molecular complexity index is 346. The highest BCUT2D eigenvalue weighted by Crippen LogP contribution is 2.21. The van der Waals surface area contributed by atoms with E-state index in [-0.39, 0.29) is 0 Å². The Morgan fingerprint density at radius 3 is 2.85 bits per heavy atom. The van der Waals surface area contributed by atoms with Crippen LogP contribution in [0.25, 0.3) is 0 Å². The minimum absolute atomic E-state index is 0.387. The van der Waals surface area contributed by atoms with Gasteiger partial charge in [0, 0.05) is 11.4 Å². The van der Waals surface area contributed by atoms with E-state index in [9.17, 15) is 0 Å². The number of nitrogens with zero attached hydrogens (tertiary/aromatic N) is 3. The molecule has 1 aromatic rings. The van der Waals surface area contributed by atoms with Crippen LogP contribution >= 0.6 is 27.7 Å². The maximum atomic E-state index is 8.70. The number of rotatable bonds is 2. The molecule has 1 aromatic heterocycles. The van der Waals surface area contributed by atoms with Gasteiger partial charge >= 0.3 is 0 Å². The summed E-state index contributed by atoms with van der Waals surface area (Å²) in [7, 11) is 0. The maximum Gasteiger partial charge on any atom is 0.189 e. The second kappa shape index (κ2) is 4.58. The van der Waals surface area contributed by atoms with Gasteiger partial charge in [-0.05, 0) is 15.9 Å². The Labute approximate surface area is 89.7 Å². The van der Waals surface area contributed by atoms with Crippen LogP contribution in [0.15, 0.2) is 15.8 Å². The lowest BCUT2D eigenvalue weighted by atomic mass is 10.4. The highest BCUT2D eigenvalue weighted by atomic mass is 79.9. The van der Waals surface area contributed by atoms with E-state index in [0.717, 1.165) is 0 Å². The molecular weight excluding hydrogens is 250 g/mol. The van der Waals surface area contributed by atoms with Crippen molar-refractivity contribution in [1.29, 1.82) is 5.26 Å². The van der Waals surface area contributed by atoms with Crippen molar-refractivity contribution >= 4 is 27.7 Å². The van der Waals surface area contributed by atoms with Crippen molar-refractivity contribution in [2.24, 2.45) is 0 Å². The molecule has 13 heavy (non-hydrogen) atoms. The first-order chi connectivity index (χ1) is 6.13. The molecule has 1 heterocycles. The molecule has 0 atom stereocenters. The fourth-order valence-corrected chi connectivity index (χ4v) is 1.66. The second-order valence-electron chi connectivity index (χ2n) is 2.63. The Balaban J connectivity index is 2.95. The summed E-state index contributed by atoms with van der Waals surface area (Å²) in [6.07, 6.45) is 1.61. The lowest BCUT2D eigenvalue weighted by Crippen LogP contribution is -1.95. The molecule has 3 nitrogen and oxygen atoms in total. The fourth-order valence-electron chi connectivity index (χ4n) is 0.697. The largest absolute Gasteiger partial charge is 0.230 e. The van der Waals surface area contributed by atoms with Crippen molar-refractivity contribution in [2.45, 2.75) is 24.3 Å². The number of halogens is 1. The van der Waals surface area contributed by atoms with E-state index < -0.39 is 0 Å². The number of aromatic nitrogens is 2. The molecule has 0 N–H and O–H groups in total. The van der Waals surface area contributed by atoms with Gasteiger partial charge in [0.15, 0.2) is 10.9 Å². The van der Waals surface area contributed by atoms with Crippen molar-refractivity contribution in [3.8, 4) is 6.07 Å². The van der Waals surface area contributed by atoms with Gasteiger partial charge in [0.25, 0.3) is 0 Å². The molecule has 68 valence electrons. The van der Waals surface area contributed by atoms with Crippen molar-refractivity contribution in [3.05, 3.63) is 16.4 Å². The summed E-state index contributed by atoms with van der Waals surface area (Å²) in [5.41, 5.74) is 0.387. The third kappa shape index (κ3) is 2.98. The Kier molecular flexibility index (Phi) is 3.70. The highest BCUT2D eigenvalue weighted by molar-refractivity contribution is 9.10. The molecule has 0 fully saturated rings. The molecule has 0 spiro atoms. The van der Waals surface area contributed by atoms with Gasteiger partial charge in [-0.1, -0.05) is 25.6 Å². The van der Waals surface area contributed by atoms with Crippen LogP contribution in [-0.2, 0) is 0 Å². The van der Waals surface area contributed by atoms with E-state index >= 15 is 0 Å². The third-order valence-corrected chi connectivity index (χ3v) is 2.63. The zero-order valence-electron chi connectivity index (χ0n) is 7.28. The van der Waals surface area contributed by atoms with Gasteiger partial charge in [-0.25, -0.2) is 9.97 Å². The summed E-state index contributed by atoms with van der Waals surface area (Å²) < 4.78 is 0.642. The molecule has 1 rings (SSSR count). The quantitative estimate of drug-likeness (QED) is 0.604. The van der Waals surface area contributed by atoms with E-state index in [1.165, 1.54) is 0 Å². The van der Waals surface area contributed by atoms with Crippen LogP contribution in [0.5, 0.6) is 0 Å². The minimum Gasteiger partial charge on any atom is -0.230 e. The van der Waals surface area contributed by atoms with Gasteiger partial charge in [0.1, 0.15) is 6.07 Å². The van der Waals surface area contributed by atoms with Gasteiger partial charge in [0.05, 0.1) is 4.47 Å². The third-order valence-electron chi connectivity index (χ3n) is 1.17. The molecule has 0 amide bonds. The van der Waals surface area contributed by atoms with E-state index in [1.54, 1.807) is 18.0 Å². The van der Waals surface area contributed by atoms with Crippen LogP contribution in [0.1, 0.15) is 19.5 Å². The Morgan fingerprint density at radius 2 is 2.31 bits per heavy atom. The van der Waals surface area contributed by atoms with Crippen LogP contribution in [0, 0.1) is 11.3 Å². The summed E-state index contributed by atoms with van der Waals surface area (Å²) in [6, 6.07) is 2.00. The standard InChI is InChI=1S/C8H8BrN3S/c1-5(2)13-8-11-4-6(9)7(3-10)12-8/h4-5H,1-2H3. The first kappa shape index (κ1) is 10.5. The average molecular weight is 258 g/mol. The zero-order valence-corrected chi connectivity index (χ0v) is 9.69. The molecule has 0 saturated carbocycles. The molecule has 0 radical (unpaired) electrons. The van der Waals surface area contributed by atoms with Gasteiger partial charge in [-0.3, -0.25) is 0 Å². The van der Waals surface area contributed by atoms with Crippen LogP contribution < -0.4 is 0 Å². The summed E-state index contributed by atoms with van der Waals surface area (Å²) in [4.78, 5) is 8.16. The number of hydrogen-bond acceptors (Lipinski definition) is 4. The van der Waals surface area contributed by atoms with Crippen LogP contribution in [0.2, 0.25) is 0 Å². The molecule has 0 aliphatic carbocycles. The molecule has 0 aliphatic heterocycles. The van der Waals surface area contributed by atoms with Crippen molar-refractivity contribution in [3.63, 3.8) is 0 Å². The fraction of sp³-hybridized carbons (Fsp3) is 0.375. The van der Waals surface area contributed by atoms with Crippen molar-refractivity contribution in [2.75, 3.05) is 0 Å². The smallest absolute Gasteiger partial charge is 0.189 e. The van der Waals surface area contributed by atoms with Gasteiger partial charge in [-0.2, -0.15) is 5.26 Å². The lowest BCUT2D eigenvalue weighted by molar-refractivity contribution is 0.932. The predicted molar refractivity (Wildman–Crippen MR) is 55.4 cm³/mol. The monoisotopic (exact) mass is 257 g/mol. The first-order valence-corrected chi connectivity index (χ1v) is 5.40. The molecule has 0 aromatic carbocycles. The molecule has 0 aliphatic rings. The SMILES string of the molecule is CC(C)Sc1ncc(Br)c(C#N)n1. The molecule has 0 unspecified atom stereocenters. The van der Waals surface area contributed by atoms with E-state index in [1.807, 2.05) is 6.07 Å². The average Bonchev–Trinajstić information content (AvgIpc) is 2.07. The van der Waals surface area contributed by atoms with Gasteiger partial charge in [-0.15, -0.1) is 0 Å². The van der Waals surface area contributed by atoms with E-state index in [4.69, 9.17) is 5.26 Å². The number of hydrogen-bond donors (Lipinski definition) is 0. The predicted octanol–water partition coefficient (Wildman–Crippen LogP) is 2.61. The summed E-state index contributed by atoms with van der Waals surface area (Å²) >= 11 is 4.74. The lowest BCUT2D eigenvalue weighted by Gasteiger charge is -2.02. The molecule has 0 saturated heterocycles. The van der Waals surface area contributed by atoms with Crippen molar-refractivity contribution in [1.82, 2.24) is 9.97 Å². The van der Waals surface area contributed by atoms with Crippen LogP contribution in [0.4, 0.5) is 0 Å². The second-order valence-corrected chi connectivity index (χ2v) is 5.03. The van der Waals surface area contributed by atoms with E-state index in [0.29, 0.717) is 20.6 Å². The number of thioether (sulfide) groups is 1. The topological polar surface area (TPSA) is 49.6 Å². The Morgan fingerprint density at radius 1 is 1.62 bits per heavy atom. The first-order valence-electron chi connectivity index (χ1n) is 3.72. The molecular formula is C8H8BrN3S.